The number of ether oxygens (including phenoxy) is 2. The summed E-state index contributed by atoms with van der Waals surface area (Å²) in [5.74, 6) is -2.60. The zero-order chi connectivity index (χ0) is 12.0. The topological polar surface area (TPSA) is 76.4 Å². The highest BCUT2D eigenvalue weighted by Gasteiger charge is 2.34. The second kappa shape index (κ2) is 6.23. The summed E-state index contributed by atoms with van der Waals surface area (Å²) in [6, 6.07) is 1.90. The minimum Gasteiger partial charge on any atom is -0.460 e. The Morgan fingerprint density at radius 2 is 2.12 bits per heavy atom. The van der Waals surface area contributed by atoms with E-state index in [0.717, 1.165) is 0 Å². The zero-order valence-electron chi connectivity index (χ0n) is 9.27. The molecule has 5 nitrogen and oxygen atoms in total. The Bertz CT molecular complexity index is 302. The zero-order valence-corrected chi connectivity index (χ0v) is 9.27. The molecule has 1 unspecified atom stereocenters. The predicted octanol–water partition coefficient (Wildman–Crippen LogP) is 0.685. The van der Waals surface area contributed by atoms with Gasteiger partial charge in [0, 0.05) is 13.2 Å². The Morgan fingerprint density at radius 1 is 1.50 bits per heavy atom. The van der Waals surface area contributed by atoms with Gasteiger partial charge in [-0.3, -0.25) is 4.79 Å². The average molecular weight is 225 g/mol. The van der Waals surface area contributed by atoms with Crippen LogP contribution < -0.4 is 0 Å². The monoisotopic (exact) mass is 225 g/mol. The van der Waals surface area contributed by atoms with Crippen LogP contribution in [0.3, 0.4) is 0 Å². The molecule has 1 rings (SSSR count). The van der Waals surface area contributed by atoms with Gasteiger partial charge in [-0.1, -0.05) is 0 Å². The summed E-state index contributed by atoms with van der Waals surface area (Å²) in [4.78, 5) is 22.9. The molecule has 1 saturated heterocycles. The number of carbonyl (C=O) groups is 2. The maximum absolute atomic E-state index is 11.6. The van der Waals surface area contributed by atoms with Crippen LogP contribution in [-0.4, -0.2) is 31.6 Å². The third-order valence-corrected chi connectivity index (χ3v) is 2.64. The Balaban J connectivity index is 2.62. The lowest BCUT2D eigenvalue weighted by Crippen LogP contribution is -2.33. The van der Waals surface area contributed by atoms with Gasteiger partial charge in [0.05, 0.1) is 12.7 Å². The summed E-state index contributed by atoms with van der Waals surface area (Å²) in [5.41, 5.74) is 0. The predicted molar refractivity (Wildman–Crippen MR) is 54.3 cm³/mol. The molecule has 0 aliphatic carbocycles. The third kappa shape index (κ3) is 3.04. The third-order valence-electron chi connectivity index (χ3n) is 2.64. The van der Waals surface area contributed by atoms with Gasteiger partial charge in [-0.05, 0) is 25.7 Å². The number of nitrogens with zero attached hydrogens (tertiary/aromatic N) is 1. The number of rotatable bonds is 4. The van der Waals surface area contributed by atoms with Gasteiger partial charge >= 0.3 is 5.97 Å². The summed E-state index contributed by atoms with van der Waals surface area (Å²) >= 11 is 0. The molecule has 0 aromatic heterocycles. The molecule has 1 heterocycles. The molecule has 0 N–H and O–H groups in total. The fraction of sp³-hybridized carbons (Fsp3) is 0.727. The molecule has 0 aromatic rings. The Labute approximate surface area is 94.3 Å². The number of Topliss-reactive ketones (excluding diaryl/α,β-unsaturated/α-hetero) is 1. The van der Waals surface area contributed by atoms with Crippen molar-refractivity contribution >= 4 is 11.8 Å². The molecular formula is C11H15NO4. The summed E-state index contributed by atoms with van der Waals surface area (Å²) in [6.07, 6.45) is 1.28. The number of esters is 1. The van der Waals surface area contributed by atoms with Crippen LogP contribution >= 0.6 is 0 Å². The van der Waals surface area contributed by atoms with Gasteiger partial charge in [0.2, 0.25) is 0 Å². The molecule has 0 aromatic carbocycles. The number of nitriles is 1. The molecule has 0 radical (unpaired) electrons. The van der Waals surface area contributed by atoms with Gasteiger partial charge in [0.15, 0.2) is 0 Å². The van der Waals surface area contributed by atoms with Crippen molar-refractivity contribution < 1.29 is 19.1 Å². The summed E-state index contributed by atoms with van der Waals surface area (Å²) < 4.78 is 9.75. The molecular weight excluding hydrogens is 210 g/mol. The average Bonchev–Trinajstić information content (AvgIpc) is 2.31. The van der Waals surface area contributed by atoms with Crippen LogP contribution in [0.15, 0.2) is 0 Å². The molecule has 0 amide bonds. The lowest BCUT2D eigenvalue weighted by atomic mass is 9.84. The van der Waals surface area contributed by atoms with E-state index in [-0.39, 0.29) is 12.5 Å². The van der Waals surface area contributed by atoms with Crippen molar-refractivity contribution in [1.29, 1.82) is 5.26 Å². The largest absolute Gasteiger partial charge is 0.460 e. The lowest BCUT2D eigenvalue weighted by Gasteiger charge is -2.24. The first-order chi connectivity index (χ1) is 7.70. The van der Waals surface area contributed by atoms with E-state index in [1.54, 1.807) is 6.92 Å². The van der Waals surface area contributed by atoms with Crippen LogP contribution in [0.2, 0.25) is 0 Å². The van der Waals surface area contributed by atoms with Gasteiger partial charge in [-0.25, -0.2) is 4.79 Å². The minimum absolute atomic E-state index is 0.0874. The summed E-state index contributed by atoms with van der Waals surface area (Å²) in [6.45, 7) is 2.86. The molecule has 0 saturated carbocycles. The van der Waals surface area contributed by atoms with Crippen molar-refractivity contribution in [2.45, 2.75) is 19.8 Å². The van der Waals surface area contributed by atoms with E-state index in [1.807, 2.05) is 6.07 Å². The molecule has 1 aliphatic rings. The second-order valence-corrected chi connectivity index (χ2v) is 3.64. The van der Waals surface area contributed by atoms with Crippen LogP contribution in [0.4, 0.5) is 0 Å². The van der Waals surface area contributed by atoms with E-state index in [2.05, 4.69) is 4.74 Å². The molecule has 0 spiro atoms. The van der Waals surface area contributed by atoms with Crippen molar-refractivity contribution in [3.8, 4) is 6.07 Å². The smallest absolute Gasteiger partial charge is 0.376 e. The number of ketones is 1. The normalized spacial score (nSPS) is 18.5. The highest BCUT2D eigenvalue weighted by atomic mass is 16.5. The molecule has 16 heavy (non-hydrogen) atoms. The van der Waals surface area contributed by atoms with Gasteiger partial charge < -0.3 is 9.47 Å². The number of hydrogen-bond donors (Lipinski definition) is 0. The van der Waals surface area contributed by atoms with Crippen molar-refractivity contribution in [3.63, 3.8) is 0 Å². The van der Waals surface area contributed by atoms with Gasteiger partial charge in [0.25, 0.3) is 5.78 Å². The van der Waals surface area contributed by atoms with Crippen LogP contribution in [0.25, 0.3) is 0 Å². The second-order valence-electron chi connectivity index (χ2n) is 3.64. The maximum atomic E-state index is 11.6. The minimum atomic E-state index is -0.902. The van der Waals surface area contributed by atoms with E-state index >= 15 is 0 Å². The van der Waals surface area contributed by atoms with Gasteiger partial charge in [0.1, 0.15) is 5.92 Å². The molecule has 5 heteroatoms. The van der Waals surface area contributed by atoms with Crippen LogP contribution in [0.1, 0.15) is 19.8 Å². The maximum Gasteiger partial charge on any atom is 0.376 e. The molecule has 1 aliphatic heterocycles. The van der Waals surface area contributed by atoms with Crippen molar-refractivity contribution in [3.05, 3.63) is 0 Å². The van der Waals surface area contributed by atoms with Crippen molar-refractivity contribution in [2.75, 3.05) is 19.8 Å². The quantitative estimate of drug-likeness (QED) is 0.519. The van der Waals surface area contributed by atoms with Crippen LogP contribution in [0.5, 0.6) is 0 Å². The van der Waals surface area contributed by atoms with Crippen molar-refractivity contribution in [2.24, 2.45) is 11.8 Å². The first-order valence-corrected chi connectivity index (χ1v) is 5.39. The van der Waals surface area contributed by atoms with E-state index < -0.39 is 17.7 Å². The van der Waals surface area contributed by atoms with E-state index in [4.69, 9.17) is 10.00 Å². The SMILES string of the molecule is CCOC(=O)C(=O)C(C#N)C1CCOCC1. The molecule has 1 fully saturated rings. The van der Waals surface area contributed by atoms with E-state index in [9.17, 15) is 9.59 Å². The standard InChI is InChI=1S/C11H15NO4/c1-2-16-11(14)10(13)9(7-12)8-3-5-15-6-4-8/h8-9H,2-6H2,1H3. The lowest BCUT2D eigenvalue weighted by molar-refractivity contribution is -0.155. The van der Waals surface area contributed by atoms with Crippen LogP contribution in [-0.2, 0) is 19.1 Å². The molecule has 88 valence electrons. The van der Waals surface area contributed by atoms with Crippen LogP contribution in [0, 0.1) is 23.2 Å². The van der Waals surface area contributed by atoms with E-state index in [1.165, 1.54) is 0 Å². The Hall–Kier alpha value is -1.41. The Kier molecular flexibility index (Phi) is 4.93. The van der Waals surface area contributed by atoms with Gasteiger partial charge in [-0.2, -0.15) is 5.26 Å². The summed E-state index contributed by atoms with van der Waals surface area (Å²) in [7, 11) is 0. The van der Waals surface area contributed by atoms with Gasteiger partial charge in [-0.15, -0.1) is 0 Å². The number of hydrogen-bond acceptors (Lipinski definition) is 5. The first-order valence-electron chi connectivity index (χ1n) is 5.39. The highest BCUT2D eigenvalue weighted by molar-refractivity contribution is 6.35. The summed E-state index contributed by atoms with van der Waals surface area (Å²) in [5, 5.41) is 8.95. The number of carbonyl (C=O) groups excluding carboxylic acids is 2. The molecule has 1 atom stereocenters. The fourth-order valence-corrected chi connectivity index (χ4v) is 1.76. The molecule has 0 bridgehead atoms. The Morgan fingerprint density at radius 3 is 2.62 bits per heavy atom. The fourth-order valence-electron chi connectivity index (χ4n) is 1.76. The first kappa shape index (κ1) is 12.7. The van der Waals surface area contributed by atoms with Crippen molar-refractivity contribution in [1.82, 2.24) is 0 Å². The highest BCUT2D eigenvalue weighted by Crippen LogP contribution is 2.24. The van der Waals surface area contributed by atoms with E-state index in [0.29, 0.717) is 26.1 Å².